The van der Waals surface area contributed by atoms with Crippen LogP contribution in [0.4, 0.5) is 0 Å². The Kier molecular flexibility index (Phi) is 4.50. The van der Waals surface area contributed by atoms with Crippen molar-refractivity contribution in [1.29, 1.82) is 0 Å². The molecule has 3 heteroatoms. The summed E-state index contributed by atoms with van der Waals surface area (Å²) in [4.78, 5) is 0. The molecule has 0 N–H and O–H groups in total. The van der Waals surface area contributed by atoms with Crippen LogP contribution in [0, 0.1) is 0 Å². The minimum absolute atomic E-state index is 0.536. The van der Waals surface area contributed by atoms with Crippen molar-refractivity contribution in [1.82, 2.24) is 0 Å². The van der Waals surface area contributed by atoms with Crippen molar-refractivity contribution >= 4 is 17.7 Å². The molecular formula is C12H15ClO2. The molecule has 1 aromatic rings. The van der Waals surface area contributed by atoms with E-state index < -0.39 is 0 Å². The number of allylic oxidation sites excluding steroid dienone is 1. The molecule has 0 aliphatic heterocycles. The number of rotatable bonds is 4. The summed E-state index contributed by atoms with van der Waals surface area (Å²) in [6.07, 6.45) is 2.02. The summed E-state index contributed by atoms with van der Waals surface area (Å²) in [5.74, 6) is 2.00. The Hall–Kier alpha value is -1.15. The smallest absolute Gasteiger partial charge is 0.161 e. The fraction of sp³-hybridized carbons (Fsp3) is 0.333. The average Bonchev–Trinajstić information content (AvgIpc) is 2.28. The topological polar surface area (TPSA) is 18.5 Å². The Labute approximate surface area is 95.5 Å². The van der Waals surface area contributed by atoms with E-state index in [-0.39, 0.29) is 0 Å². The van der Waals surface area contributed by atoms with Crippen molar-refractivity contribution in [2.24, 2.45) is 0 Å². The lowest BCUT2D eigenvalue weighted by Gasteiger charge is -2.08. The molecular weight excluding hydrogens is 212 g/mol. The van der Waals surface area contributed by atoms with Crippen LogP contribution in [0.25, 0.3) is 6.08 Å². The summed E-state index contributed by atoms with van der Waals surface area (Å²) in [5.41, 5.74) is 2.18. The van der Waals surface area contributed by atoms with Gasteiger partial charge in [-0.3, -0.25) is 0 Å². The molecule has 1 rings (SSSR count). The highest BCUT2D eigenvalue weighted by atomic mass is 35.5. The van der Waals surface area contributed by atoms with Gasteiger partial charge < -0.3 is 9.47 Å². The third-order valence-corrected chi connectivity index (χ3v) is 2.45. The lowest BCUT2D eigenvalue weighted by atomic mass is 10.1. The van der Waals surface area contributed by atoms with Crippen molar-refractivity contribution in [2.45, 2.75) is 6.92 Å². The molecule has 0 saturated carbocycles. The number of methoxy groups -OCH3 is 2. The van der Waals surface area contributed by atoms with Crippen LogP contribution in [0.5, 0.6) is 11.5 Å². The highest BCUT2D eigenvalue weighted by molar-refractivity contribution is 6.19. The van der Waals surface area contributed by atoms with E-state index in [0.29, 0.717) is 5.88 Å². The predicted octanol–water partition coefficient (Wildman–Crippen LogP) is 3.35. The zero-order valence-electron chi connectivity index (χ0n) is 9.21. The normalized spacial score (nSPS) is 11.3. The van der Waals surface area contributed by atoms with E-state index in [0.717, 1.165) is 22.6 Å². The molecule has 0 saturated heterocycles. The number of halogens is 1. The van der Waals surface area contributed by atoms with E-state index in [1.807, 2.05) is 31.2 Å². The maximum absolute atomic E-state index is 5.71. The van der Waals surface area contributed by atoms with Crippen molar-refractivity contribution in [3.05, 3.63) is 29.3 Å². The molecule has 0 fully saturated rings. The van der Waals surface area contributed by atoms with Crippen LogP contribution >= 0.6 is 11.6 Å². The van der Waals surface area contributed by atoms with Gasteiger partial charge in [0, 0.05) is 5.88 Å². The van der Waals surface area contributed by atoms with Gasteiger partial charge in [0.25, 0.3) is 0 Å². The molecule has 0 aromatic heterocycles. The predicted molar refractivity (Wildman–Crippen MR) is 63.9 cm³/mol. The van der Waals surface area contributed by atoms with E-state index >= 15 is 0 Å². The van der Waals surface area contributed by atoms with Gasteiger partial charge in [-0.2, -0.15) is 0 Å². The van der Waals surface area contributed by atoms with E-state index in [4.69, 9.17) is 21.1 Å². The van der Waals surface area contributed by atoms with Crippen LogP contribution in [0.3, 0.4) is 0 Å². The van der Waals surface area contributed by atoms with Crippen molar-refractivity contribution in [3.63, 3.8) is 0 Å². The lowest BCUT2D eigenvalue weighted by molar-refractivity contribution is 0.355. The number of hydrogen-bond donors (Lipinski definition) is 0. The summed E-state index contributed by atoms with van der Waals surface area (Å²) in [5, 5.41) is 0. The Morgan fingerprint density at radius 3 is 2.47 bits per heavy atom. The van der Waals surface area contributed by atoms with E-state index in [1.54, 1.807) is 14.2 Å². The highest BCUT2D eigenvalue weighted by Crippen LogP contribution is 2.28. The molecule has 0 unspecified atom stereocenters. The number of benzene rings is 1. The number of alkyl halides is 1. The zero-order valence-corrected chi connectivity index (χ0v) is 9.97. The van der Waals surface area contributed by atoms with E-state index in [9.17, 15) is 0 Å². The molecule has 0 radical (unpaired) electrons. The number of hydrogen-bond acceptors (Lipinski definition) is 2. The van der Waals surface area contributed by atoms with Crippen LogP contribution in [0.15, 0.2) is 23.8 Å². The Morgan fingerprint density at radius 1 is 1.27 bits per heavy atom. The minimum Gasteiger partial charge on any atom is -0.493 e. The van der Waals surface area contributed by atoms with Gasteiger partial charge in [-0.1, -0.05) is 17.7 Å². The monoisotopic (exact) mass is 226 g/mol. The standard InChI is InChI=1S/C12H15ClO2/c1-9(8-13)6-10-4-5-11(14-2)12(7-10)15-3/h4-7H,8H2,1-3H3. The highest BCUT2D eigenvalue weighted by Gasteiger charge is 2.02. The first-order chi connectivity index (χ1) is 7.21. The molecule has 0 aliphatic rings. The third-order valence-electron chi connectivity index (χ3n) is 2.03. The molecule has 0 amide bonds. The Morgan fingerprint density at radius 2 is 1.93 bits per heavy atom. The van der Waals surface area contributed by atoms with Crippen molar-refractivity contribution in [3.8, 4) is 11.5 Å². The van der Waals surface area contributed by atoms with Crippen LogP contribution in [0.2, 0.25) is 0 Å². The first kappa shape index (κ1) is 11.9. The maximum atomic E-state index is 5.71. The summed E-state index contributed by atoms with van der Waals surface area (Å²) in [6.45, 7) is 1.99. The molecule has 2 nitrogen and oxygen atoms in total. The summed E-state index contributed by atoms with van der Waals surface area (Å²) >= 11 is 5.71. The minimum atomic E-state index is 0.536. The van der Waals surface area contributed by atoms with E-state index in [1.165, 1.54) is 0 Å². The van der Waals surface area contributed by atoms with Crippen molar-refractivity contribution < 1.29 is 9.47 Å². The molecule has 0 atom stereocenters. The Bertz CT molecular complexity index is 359. The summed E-state index contributed by atoms with van der Waals surface area (Å²) in [6, 6.07) is 5.78. The van der Waals surface area contributed by atoms with Gasteiger partial charge in [0.1, 0.15) is 0 Å². The molecule has 0 heterocycles. The molecule has 0 spiro atoms. The average molecular weight is 227 g/mol. The van der Waals surface area contributed by atoms with Gasteiger partial charge in [-0.15, -0.1) is 11.6 Å². The van der Waals surface area contributed by atoms with Gasteiger partial charge in [-0.05, 0) is 24.6 Å². The first-order valence-electron chi connectivity index (χ1n) is 4.66. The summed E-state index contributed by atoms with van der Waals surface area (Å²) in [7, 11) is 3.25. The first-order valence-corrected chi connectivity index (χ1v) is 5.20. The molecule has 1 aromatic carbocycles. The molecule has 0 bridgehead atoms. The van der Waals surface area contributed by atoms with E-state index in [2.05, 4.69) is 0 Å². The fourth-order valence-corrected chi connectivity index (χ4v) is 1.34. The largest absolute Gasteiger partial charge is 0.493 e. The summed E-state index contributed by atoms with van der Waals surface area (Å²) < 4.78 is 10.4. The third kappa shape index (κ3) is 3.17. The maximum Gasteiger partial charge on any atom is 0.161 e. The molecule has 15 heavy (non-hydrogen) atoms. The van der Waals surface area contributed by atoms with Gasteiger partial charge in [-0.25, -0.2) is 0 Å². The van der Waals surface area contributed by atoms with Gasteiger partial charge >= 0.3 is 0 Å². The van der Waals surface area contributed by atoms with Gasteiger partial charge in [0.2, 0.25) is 0 Å². The fourth-order valence-electron chi connectivity index (χ4n) is 1.27. The quantitative estimate of drug-likeness (QED) is 0.734. The Balaban J connectivity index is 3.03. The number of ether oxygens (including phenoxy) is 2. The second kappa shape index (κ2) is 5.66. The SMILES string of the molecule is COc1ccc(C=C(C)CCl)cc1OC. The van der Waals surface area contributed by atoms with Crippen LogP contribution in [-0.2, 0) is 0 Å². The molecule has 82 valence electrons. The lowest BCUT2D eigenvalue weighted by Crippen LogP contribution is -1.90. The second-order valence-electron chi connectivity index (χ2n) is 3.24. The zero-order chi connectivity index (χ0) is 11.3. The van der Waals surface area contributed by atoms with Gasteiger partial charge in [0.15, 0.2) is 11.5 Å². The van der Waals surface area contributed by atoms with Crippen LogP contribution in [0.1, 0.15) is 12.5 Å². The van der Waals surface area contributed by atoms with Crippen molar-refractivity contribution in [2.75, 3.05) is 20.1 Å². The van der Waals surface area contributed by atoms with Gasteiger partial charge in [0.05, 0.1) is 14.2 Å². The van der Waals surface area contributed by atoms with Crippen LogP contribution < -0.4 is 9.47 Å². The second-order valence-corrected chi connectivity index (χ2v) is 3.51. The van der Waals surface area contributed by atoms with Crippen LogP contribution in [-0.4, -0.2) is 20.1 Å². The molecule has 0 aliphatic carbocycles.